The van der Waals surface area contributed by atoms with E-state index in [0.717, 1.165) is 11.5 Å². The van der Waals surface area contributed by atoms with Gasteiger partial charge in [0.15, 0.2) is 0 Å². The number of hydrogen-bond donors (Lipinski definition) is 1. The zero-order valence-electron chi connectivity index (χ0n) is 11.9. The highest BCUT2D eigenvalue weighted by Gasteiger charge is 2.18. The fraction of sp³-hybridized carbons (Fsp3) is 0.286. The van der Waals surface area contributed by atoms with Crippen molar-refractivity contribution in [1.29, 1.82) is 0 Å². The second-order valence-electron chi connectivity index (χ2n) is 4.67. The Bertz CT molecular complexity index is 650. The van der Waals surface area contributed by atoms with Crippen LogP contribution < -0.4 is 5.32 Å². The Kier molecular flexibility index (Phi) is 4.64. The zero-order chi connectivity index (χ0) is 15.4. The minimum atomic E-state index is -0.415. The molecule has 1 amide bonds. The van der Waals surface area contributed by atoms with Gasteiger partial charge in [-0.2, -0.15) is 0 Å². The molecule has 0 fully saturated rings. The molecule has 1 aromatic heterocycles. The molecule has 110 valence electrons. The lowest BCUT2D eigenvalue weighted by molar-refractivity contribution is 0.0600. The van der Waals surface area contributed by atoms with Gasteiger partial charge in [0.25, 0.3) is 5.91 Å². The molecular formula is C14H15N3O3S. The quantitative estimate of drug-likeness (QED) is 0.878. The van der Waals surface area contributed by atoms with E-state index in [0.29, 0.717) is 21.8 Å². The lowest BCUT2D eigenvalue weighted by Crippen LogP contribution is -2.13. The summed E-state index contributed by atoms with van der Waals surface area (Å²) in [6.45, 7) is 3.91. The normalized spacial score (nSPS) is 10.5. The third-order valence-electron chi connectivity index (χ3n) is 2.83. The minimum absolute atomic E-state index is 0.131. The van der Waals surface area contributed by atoms with Crippen molar-refractivity contribution in [3.63, 3.8) is 0 Å². The second-order valence-corrected chi connectivity index (χ2v) is 5.42. The Morgan fingerprint density at radius 3 is 2.48 bits per heavy atom. The number of nitrogens with one attached hydrogen (secondary N) is 1. The van der Waals surface area contributed by atoms with Crippen molar-refractivity contribution in [3.05, 3.63) is 40.4 Å². The van der Waals surface area contributed by atoms with Gasteiger partial charge in [0, 0.05) is 5.69 Å². The van der Waals surface area contributed by atoms with Crippen LogP contribution in [0, 0.1) is 0 Å². The molecule has 0 saturated carbocycles. The molecule has 0 aliphatic rings. The number of rotatable bonds is 4. The van der Waals surface area contributed by atoms with E-state index in [-0.39, 0.29) is 11.8 Å². The van der Waals surface area contributed by atoms with Crippen LogP contribution in [0.2, 0.25) is 0 Å². The maximum atomic E-state index is 12.2. The summed E-state index contributed by atoms with van der Waals surface area (Å²) in [6, 6.07) is 6.48. The molecule has 0 radical (unpaired) electrons. The molecule has 0 saturated heterocycles. The van der Waals surface area contributed by atoms with E-state index in [1.54, 1.807) is 24.3 Å². The van der Waals surface area contributed by atoms with E-state index in [9.17, 15) is 9.59 Å². The van der Waals surface area contributed by atoms with Crippen LogP contribution in [-0.4, -0.2) is 28.6 Å². The summed E-state index contributed by atoms with van der Waals surface area (Å²) in [5.41, 5.74) is 1.71. The number of hydrogen-bond acceptors (Lipinski definition) is 6. The van der Waals surface area contributed by atoms with Gasteiger partial charge in [-0.05, 0) is 41.7 Å². The lowest BCUT2D eigenvalue weighted by atomic mass is 10.1. The molecule has 0 atom stereocenters. The minimum Gasteiger partial charge on any atom is -0.465 e. The van der Waals surface area contributed by atoms with Gasteiger partial charge in [0.05, 0.1) is 18.4 Å². The van der Waals surface area contributed by atoms with Gasteiger partial charge < -0.3 is 10.1 Å². The third kappa shape index (κ3) is 3.43. The van der Waals surface area contributed by atoms with Crippen molar-refractivity contribution in [2.75, 3.05) is 12.4 Å². The molecule has 0 aliphatic carbocycles. The molecule has 21 heavy (non-hydrogen) atoms. The van der Waals surface area contributed by atoms with Gasteiger partial charge in [0.1, 0.15) is 4.88 Å². The predicted octanol–water partition coefficient (Wildman–Crippen LogP) is 2.70. The van der Waals surface area contributed by atoms with Gasteiger partial charge in [-0.3, -0.25) is 4.79 Å². The monoisotopic (exact) mass is 305 g/mol. The zero-order valence-corrected chi connectivity index (χ0v) is 12.7. The largest absolute Gasteiger partial charge is 0.465 e. The number of carbonyl (C=O) groups is 2. The summed E-state index contributed by atoms with van der Waals surface area (Å²) in [4.78, 5) is 24.0. The van der Waals surface area contributed by atoms with Crippen molar-refractivity contribution in [2.24, 2.45) is 0 Å². The molecule has 1 heterocycles. The topological polar surface area (TPSA) is 81.2 Å². The number of esters is 1. The van der Waals surface area contributed by atoms with E-state index in [4.69, 9.17) is 0 Å². The van der Waals surface area contributed by atoms with Crippen molar-refractivity contribution < 1.29 is 14.3 Å². The fourth-order valence-electron chi connectivity index (χ4n) is 1.73. The number of methoxy groups -OCH3 is 1. The molecule has 0 spiro atoms. The Morgan fingerprint density at radius 1 is 1.24 bits per heavy atom. The Morgan fingerprint density at radius 2 is 1.90 bits per heavy atom. The van der Waals surface area contributed by atoms with Crippen LogP contribution in [0.5, 0.6) is 0 Å². The summed E-state index contributed by atoms with van der Waals surface area (Å²) < 4.78 is 8.44. The average molecular weight is 305 g/mol. The molecule has 0 aliphatic heterocycles. The summed E-state index contributed by atoms with van der Waals surface area (Å²) >= 11 is 1.07. The van der Waals surface area contributed by atoms with E-state index >= 15 is 0 Å². The van der Waals surface area contributed by atoms with Crippen molar-refractivity contribution >= 4 is 29.1 Å². The summed E-state index contributed by atoms with van der Waals surface area (Å²) in [5, 5.41) is 6.74. The third-order valence-corrected chi connectivity index (χ3v) is 3.57. The van der Waals surface area contributed by atoms with E-state index in [1.807, 2.05) is 13.8 Å². The molecule has 1 N–H and O–H groups in total. The number of aromatic nitrogens is 2. The first-order valence-electron chi connectivity index (χ1n) is 6.35. The maximum absolute atomic E-state index is 12.2. The smallest absolute Gasteiger partial charge is 0.337 e. The highest BCUT2D eigenvalue weighted by molar-refractivity contribution is 7.08. The summed E-state index contributed by atoms with van der Waals surface area (Å²) in [5.74, 6) is -0.535. The predicted molar refractivity (Wildman–Crippen MR) is 79.7 cm³/mol. The number of nitrogens with zero attached hydrogens (tertiary/aromatic N) is 2. The van der Waals surface area contributed by atoms with Gasteiger partial charge in [-0.1, -0.05) is 18.3 Å². The van der Waals surface area contributed by atoms with E-state index in [2.05, 4.69) is 19.6 Å². The molecule has 6 nitrogen and oxygen atoms in total. The van der Waals surface area contributed by atoms with Crippen LogP contribution in [0.15, 0.2) is 24.3 Å². The first-order valence-corrected chi connectivity index (χ1v) is 7.12. The standard InChI is InChI=1S/C14H15N3O3S/c1-8(2)11-12(21-17-16-11)13(18)15-10-6-4-9(5-7-10)14(19)20-3/h4-8H,1-3H3,(H,15,18). The first kappa shape index (κ1) is 15.1. The SMILES string of the molecule is COC(=O)c1ccc(NC(=O)c2snnc2C(C)C)cc1. The fourth-order valence-corrected chi connectivity index (χ4v) is 2.44. The maximum Gasteiger partial charge on any atom is 0.337 e. The van der Waals surface area contributed by atoms with Crippen LogP contribution >= 0.6 is 11.5 Å². The summed E-state index contributed by atoms with van der Waals surface area (Å²) in [6.07, 6.45) is 0. The number of ether oxygens (including phenoxy) is 1. The molecular weight excluding hydrogens is 290 g/mol. The molecule has 0 unspecified atom stereocenters. The second kappa shape index (κ2) is 6.45. The van der Waals surface area contributed by atoms with E-state index in [1.165, 1.54) is 7.11 Å². The lowest BCUT2D eigenvalue weighted by Gasteiger charge is -2.06. The van der Waals surface area contributed by atoms with Gasteiger partial charge in [-0.15, -0.1) is 5.10 Å². The van der Waals surface area contributed by atoms with Crippen LogP contribution in [-0.2, 0) is 4.74 Å². The van der Waals surface area contributed by atoms with Gasteiger partial charge in [0.2, 0.25) is 0 Å². The Balaban J connectivity index is 2.12. The summed E-state index contributed by atoms with van der Waals surface area (Å²) in [7, 11) is 1.32. The molecule has 1 aromatic carbocycles. The van der Waals surface area contributed by atoms with Gasteiger partial charge in [-0.25, -0.2) is 4.79 Å². The molecule has 7 heteroatoms. The van der Waals surface area contributed by atoms with E-state index < -0.39 is 5.97 Å². The molecule has 2 rings (SSSR count). The van der Waals surface area contributed by atoms with Crippen LogP contribution in [0.4, 0.5) is 5.69 Å². The Hall–Kier alpha value is -2.28. The molecule has 0 bridgehead atoms. The van der Waals surface area contributed by atoms with Crippen LogP contribution in [0.25, 0.3) is 0 Å². The van der Waals surface area contributed by atoms with Crippen molar-refractivity contribution in [2.45, 2.75) is 19.8 Å². The van der Waals surface area contributed by atoms with Crippen LogP contribution in [0.3, 0.4) is 0 Å². The number of carbonyl (C=O) groups excluding carboxylic acids is 2. The van der Waals surface area contributed by atoms with Crippen LogP contribution in [0.1, 0.15) is 45.5 Å². The average Bonchev–Trinajstić information content (AvgIpc) is 2.97. The van der Waals surface area contributed by atoms with Crippen molar-refractivity contribution in [1.82, 2.24) is 9.59 Å². The first-order chi connectivity index (χ1) is 10.0. The highest BCUT2D eigenvalue weighted by Crippen LogP contribution is 2.21. The number of benzene rings is 1. The number of amides is 1. The molecule has 2 aromatic rings. The highest BCUT2D eigenvalue weighted by atomic mass is 32.1. The number of anilines is 1. The van der Waals surface area contributed by atoms with Crippen molar-refractivity contribution in [3.8, 4) is 0 Å². The van der Waals surface area contributed by atoms with Gasteiger partial charge >= 0.3 is 5.97 Å². The Labute approximate surface area is 126 Å².